The van der Waals surface area contributed by atoms with Crippen LogP contribution < -0.4 is 5.32 Å². The van der Waals surface area contributed by atoms with Crippen molar-refractivity contribution in [2.24, 2.45) is 57.2 Å². The van der Waals surface area contributed by atoms with Gasteiger partial charge >= 0.3 is 5.97 Å². The van der Waals surface area contributed by atoms with E-state index < -0.39 is 15.8 Å². The molecule has 7 heteroatoms. The highest BCUT2D eigenvalue weighted by molar-refractivity contribution is 7.91. The minimum atomic E-state index is -2.94. The molecule has 5 aliphatic carbocycles. The van der Waals surface area contributed by atoms with Crippen LogP contribution in [0.25, 0.3) is 0 Å². The number of carboxylic acids is 1. The lowest BCUT2D eigenvalue weighted by molar-refractivity contribution is -0.235. The second-order valence-corrected chi connectivity index (χ2v) is 22.8. The van der Waals surface area contributed by atoms with Crippen molar-refractivity contribution >= 4 is 15.8 Å². The molecule has 10 atom stereocenters. The molecule has 1 aliphatic heterocycles. The van der Waals surface area contributed by atoms with E-state index in [4.69, 9.17) is 0 Å². The van der Waals surface area contributed by atoms with Crippen LogP contribution in [0.3, 0.4) is 0 Å². The molecule has 6 fully saturated rings. The molecule has 6 nitrogen and oxygen atoms in total. The Balaban J connectivity index is 1.10. The minimum Gasteiger partial charge on any atom is -0.478 e. The standard InChI is InChI=1S/C44H70N2O4S/c1-29(2)33-15-22-44(45-25-28-46-26-18-32(19-27-46)51(8,49)50)24-23-42(6)35(38(33)44)13-14-37-41(5)20-16-34(30-9-11-31(12-10-30)39(47)48)40(3,4)36(41)17-21-43(37,42)7/h9-12,29,32-38,45H,13-28H2,1-8H3,(H,47,48)/t33?,34-,35+,36-,37+,38+,41-,42+,43+,44-/m0/s1. The average Bonchev–Trinajstić information content (AvgIpc) is 3.45. The van der Waals surface area contributed by atoms with Crippen LogP contribution in [0.2, 0.25) is 0 Å². The lowest BCUT2D eigenvalue weighted by Crippen LogP contribution is -2.68. The molecule has 7 rings (SSSR count). The summed E-state index contributed by atoms with van der Waals surface area (Å²) in [4.78, 5) is 14.1. The second kappa shape index (κ2) is 13.1. The van der Waals surface area contributed by atoms with Crippen molar-refractivity contribution in [1.29, 1.82) is 0 Å². The normalized spacial score (nSPS) is 42.8. The zero-order valence-corrected chi connectivity index (χ0v) is 34.1. The number of benzene rings is 1. The van der Waals surface area contributed by atoms with Gasteiger partial charge in [0.05, 0.1) is 10.8 Å². The van der Waals surface area contributed by atoms with E-state index in [0.717, 1.165) is 62.7 Å². The number of carbonyl (C=O) groups is 1. The lowest BCUT2D eigenvalue weighted by Gasteiger charge is -2.73. The predicted molar refractivity (Wildman–Crippen MR) is 208 cm³/mol. The maximum Gasteiger partial charge on any atom is 0.335 e. The Morgan fingerprint density at radius 3 is 2.16 bits per heavy atom. The first-order chi connectivity index (χ1) is 23.9. The zero-order valence-electron chi connectivity index (χ0n) is 33.3. The van der Waals surface area contributed by atoms with Gasteiger partial charge in [-0.2, -0.15) is 0 Å². The molecule has 0 aromatic heterocycles. The molecule has 286 valence electrons. The van der Waals surface area contributed by atoms with Crippen LogP contribution in [0.1, 0.15) is 147 Å². The summed E-state index contributed by atoms with van der Waals surface area (Å²) in [6.45, 7) is 22.1. The Hall–Kier alpha value is -1.44. The second-order valence-electron chi connectivity index (χ2n) is 20.4. The molecule has 0 bridgehead atoms. The molecule has 0 spiro atoms. The average molecular weight is 723 g/mol. The van der Waals surface area contributed by atoms with Crippen molar-refractivity contribution in [1.82, 2.24) is 10.2 Å². The Morgan fingerprint density at radius 1 is 0.843 bits per heavy atom. The van der Waals surface area contributed by atoms with Crippen molar-refractivity contribution in [2.45, 2.75) is 142 Å². The number of rotatable bonds is 8. The third kappa shape index (κ3) is 5.99. The summed E-state index contributed by atoms with van der Waals surface area (Å²) in [5.41, 5.74) is 3.13. The van der Waals surface area contributed by atoms with Crippen molar-refractivity contribution in [3.05, 3.63) is 35.4 Å². The summed E-state index contributed by atoms with van der Waals surface area (Å²) in [7, 11) is -2.94. The van der Waals surface area contributed by atoms with Gasteiger partial charge in [-0.05, 0) is 171 Å². The fourth-order valence-electron chi connectivity index (χ4n) is 15.2. The quantitative estimate of drug-likeness (QED) is 0.279. The van der Waals surface area contributed by atoms with Gasteiger partial charge in [-0.25, -0.2) is 13.2 Å². The third-order valence-corrected chi connectivity index (χ3v) is 19.7. The molecule has 1 aromatic rings. The van der Waals surface area contributed by atoms with Crippen molar-refractivity contribution in [3.63, 3.8) is 0 Å². The highest BCUT2D eigenvalue weighted by Gasteiger charge is 2.71. The molecule has 1 unspecified atom stereocenters. The van der Waals surface area contributed by atoms with E-state index in [1.54, 1.807) is 0 Å². The van der Waals surface area contributed by atoms with Crippen LogP contribution in [0.4, 0.5) is 0 Å². The summed E-state index contributed by atoms with van der Waals surface area (Å²) in [6, 6.07) is 7.84. The SMILES string of the molecule is CC(C)C1CC[C@]2(NCCN3CCC(S(C)(=O)=O)CC3)CC[C@]3(C)[C@H](CC[C@@H]4[C@@]5(C)CC[C@@H](c6ccc(C(=O)O)cc6)C(C)(C)[C@@H]5CC[C@]43C)[C@@H]12. The number of aromatic carboxylic acids is 1. The maximum atomic E-state index is 12.1. The number of nitrogens with one attached hydrogen (secondary N) is 1. The minimum absolute atomic E-state index is 0.157. The number of sulfone groups is 1. The van der Waals surface area contributed by atoms with Crippen molar-refractivity contribution in [2.75, 3.05) is 32.4 Å². The van der Waals surface area contributed by atoms with Crippen LogP contribution >= 0.6 is 0 Å². The molecule has 5 saturated carbocycles. The fraction of sp³-hybridized carbons (Fsp3) is 0.841. The molecule has 6 aliphatic rings. The molecule has 51 heavy (non-hydrogen) atoms. The third-order valence-electron chi connectivity index (χ3n) is 18.0. The highest BCUT2D eigenvalue weighted by Crippen LogP contribution is 2.77. The van der Waals surface area contributed by atoms with E-state index in [1.807, 2.05) is 12.1 Å². The summed E-state index contributed by atoms with van der Waals surface area (Å²) in [6.07, 6.45) is 16.1. The lowest BCUT2D eigenvalue weighted by atomic mass is 9.32. The number of fused-ring (bicyclic) bond motifs is 7. The number of likely N-dealkylation sites (tertiary alicyclic amines) is 1. The number of hydrogen-bond donors (Lipinski definition) is 2. The van der Waals surface area contributed by atoms with Crippen LogP contribution in [-0.4, -0.2) is 67.6 Å². The molecular formula is C44H70N2O4S. The predicted octanol–water partition coefficient (Wildman–Crippen LogP) is 9.06. The smallest absolute Gasteiger partial charge is 0.335 e. The van der Waals surface area contributed by atoms with Crippen LogP contribution in [0.5, 0.6) is 0 Å². The van der Waals surface area contributed by atoms with Gasteiger partial charge in [0, 0.05) is 24.9 Å². The van der Waals surface area contributed by atoms with Gasteiger partial charge in [0.15, 0.2) is 0 Å². The van der Waals surface area contributed by atoms with E-state index in [1.165, 1.54) is 76.0 Å². The van der Waals surface area contributed by atoms with Crippen LogP contribution in [-0.2, 0) is 9.84 Å². The van der Waals surface area contributed by atoms with Gasteiger partial charge in [-0.3, -0.25) is 0 Å². The largest absolute Gasteiger partial charge is 0.478 e. The molecule has 1 heterocycles. The number of nitrogens with zero attached hydrogens (tertiary/aromatic N) is 1. The first kappa shape index (κ1) is 37.9. The monoisotopic (exact) mass is 723 g/mol. The number of hydrogen-bond acceptors (Lipinski definition) is 5. The maximum absolute atomic E-state index is 12.1. The van der Waals surface area contributed by atoms with Gasteiger partial charge in [-0.15, -0.1) is 0 Å². The summed E-state index contributed by atoms with van der Waals surface area (Å²) < 4.78 is 24.3. The number of piperidine rings is 1. The van der Waals surface area contributed by atoms with Crippen LogP contribution in [0, 0.1) is 57.2 Å². The molecular weight excluding hydrogens is 653 g/mol. The van der Waals surface area contributed by atoms with E-state index in [9.17, 15) is 18.3 Å². The summed E-state index contributed by atoms with van der Waals surface area (Å²) in [5.74, 6) is 4.01. The van der Waals surface area contributed by atoms with E-state index in [0.29, 0.717) is 39.6 Å². The zero-order chi connectivity index (χ0) is 36.8. The van der Waals surface area contributed by atoms with Gasteiger partial charge in [0.2, 0.25) is 0 Å². The fourth-order valence-corrected chi connectivity index (χ4v) is 16.3. The topological polar surface area (TPSA) is 86.7 Å². The van der Waals surface area contributed by atoms with Crippen molar-refractivity contribution in [3.8, 4) is 0 Å². The van der Waals surface area contributed by atoms with E-state index >= 15 is 0 Å². The van der Waals surface area contributed by atoms with Crippen LogP contribution in [0.15, 0.2) is 24.3 Å². The van der Waals surface area contributed by atoms with E-state index in [-0.39, 0.29) is 16.2 Å². The number of carboxylic acid groups (broad SMARTS) is 1. The Labute approximate surface area is 310 Å². The Bertz CT molecular complexity index is 1570. The van der Waals surface area contributed by atoms with E-state index in [2.05, 4.69) is 70.8 Å². The van der Waals surface area contributed by atoms with Gasteiger partial charge < -0.3 is 15.3 Å². The van der Waals surface area contributed by atoms with Gasteiger partial charge in [0.1, 0.15) is 9.84 Å². The Morgan fingerprint density at radius 2 is 1.53 bits per heavy atom. The first-order valence-electron chi connectivity index (χ1n) is 20.9. The van der Waals surface area contributed by atoms with Gasteiger partial charge in [0.25, 0.3) is 0 Å². The summed E-state index contributed by atoms with van der Waals surface area (Å²) in [5, 5.41) is 13.7. The molecule has 0 amide bonds. The molecule has 1 saturated heterocycles. The highest BCUT2D eigenvalue weighted by atomic mass is 32.2. The molecule has 2 N–H and O–H groups in total. The van der Waals surface area contributed by atoms with Gasteiger partial charge in [-0.1, -0.05) is 60.6 Å². The summed E-state index contributed by atoms with van der Waals surface area (Å²) >= 11 is 0. The Kier molecular flexibility index (Phi) is 9.73. The molecule has 0 radical (unpaired) electrons. The first-order valence-corrected chi connectivity index (χ1v) is 22.8. The van der Waals surface area contributed by atoms with Crippen molar-refractivity contribution < 1.29 is 18.3 Å². The molecule has 1 aromatic carbocycles.